The first-order chi connectivity index (χ1) is 14.0. The van der Waals surface area contributed by atoms with Gasteiger partial charge in [-0.25, -0.2) is 0 Å². The largest absolute Gasteiger partial charge is 0.491 e. The molecule has 0 bridgehead atoms. The molecule has 1 saturated carbocycles. The minimum absolute atomic E-state index is 0.0277. The van der Waals surface area contributed by atoms with Crippen LogP contribution < -0.4 is 10.1 Å². The van der Waals surface area contributed by atoms with Gasteiger partial charge in [-0.2, -0.15) is 0 Å². The van der Waals surface area contributed by atoms with Crippen molar-refractivity contribution in [2.75, 3.05) is 13.2 Å². The van der Waals surface area contributed by atoms with Gasteiger partial charge in [0.25, 0.3) is 11.8 Å². The van der Waals surface area contributed by atoms with Crippen LogP contribution in [0.4, 0.5) is 0 Å². The molecule has 0 radical (unpaired) electrons. The highest BCUT2D eigenvalue weighted by atomic mass is 16.5. The molecule has 2 aromatic rings. The average Bonchev–Trinajstić information content (AvgIpc) is 3.39. The quantitative estimate of drug-likeness (QED) is 0.812. The second kappa shape index (κ2) is 8.27. The number of aryl methyl sites for hydroxylation is 2. The summed E-state index contributed by atoms with van der Waals surface area (Å²) in [5.41, 5.74) is 3.61. The molecular formula is C24H28N2O3. The Balaban J connectivity index is 1.36. The van der Waals surface area contributed by atoms with Gasteiger partial charge in [0.1, 0.15) is 12.4 Å². The standard InChI is InChI=1S/C24H28N2O3/c1-16-12-17(2)14-19(13-16)24(28)26-11-3-4-21(26)15-29-22-9-5-18(6-10-22)23(27)25-20-7-8-20/h5-6,9-10,12-14,20-21H,3-4,7-8,11,15H2,1-2H3,(H,25,27). The molecule has 152 valence electrons. The third-order valence-electron chi connectivity index (χ3n) is 5.58. The number of carbonyl (C=O) groups is 2. The predicted molar refractivity (Wildman–Crippen MR) is 112 cm³/mol. The van der Waals surface area contributed by atoms with Gasteiger partial charge in [-0.15, -0.1) is 0 Å². The minimum Gasteiger partial charge on any atom is -0.491 e. The molecule has 1 N–H and O–H groups in total. The lowest BCUT2D eigenvalue weighted by Gasteiger charge is -2.25. The number of ether oxygens (including phenoxy) is 1. The molecule has 1 heterocycles. The molecular weight excluding hydrogens is 364 g/mol. The molecule has 1 aliphatic heterocycles. The topological polar surface area (TPSA) is 58.6 Å². The lowest BCUT2D eigenvalue weighted by molar-refractivity contribution is 0.0691. The van der Waals surface area contributed by atoms with Gasteiger partial charge < -0.3 is 15.0 Å². The number of nitrogens with zero attached hydrogens (tertiary/aromatic N) is 1. The van der Waals surface area contributed by atoms with E-state index in [9.17, 15) is 9.59 Å². The summed E-state index contributed by atoms with van der Waals surface area (Å²) in [4.78, 5) is 27.0. The summed E-state index contributed by atoms with van der Waals surface area (Å²) in [6.07, 6.45) is 4.08. The highest BCUT2D eigenvalue weighted by Gasteiger charge is 2.30. The normalized spacial score (nSPS) is 18.6. The number of carbonyl (C=O) groups excluding carboxylic acids is 2. The highest BCUT2D eigenvalue weighted by molar-refractivity contribution is 5.95. The number of likely N-dealkylation sites (tertiary alicyclic amines) is 1. The Bertz CT molecular complexity index is 883. The zero-order chi connectivity index (χ0) is 20.4. The first kappa shape index (κ1) is 19.5. The number of benzene rings is 2. The van der Waals surface area contributed by atoms with E-state index in [1.165, 1.54) is 0 Å². The number of amides is 2. The number of hydrogen-bond acceptors (Lipinski definition) is 3. The van der Waals surface area contributed by atoms with Crippen LogP contribution in [0.1, 0.15) is 57.5 Å². The second-order valence-corrected chi connectivity index (χ2v) is 8.25. The van der Waals surface area contributed by atoms with Crippen molar-refractivity contribution in [3.05, 3.63) is 64.7 Å². The lowest BCUT2D eigenvalue weighted by Crippen LogP contribution is -2.39. The van der Waals surface area contributed by atoms with Gasteiger partial charge in [0.15, 0.2) is 0 Å². The Labute approximate surface area is 172 Å². The molecule has 2 amide bonds. The van der Waals surface area contributed by atoms with E-state index in [-0.39, 0.29) is 17.9 Å². The van der Waals surface area contributed by atoms with Crippen molar-refractivity contribution in [2.24, 2.45) is 0 Å². The SMILES string of the molecule is Cc1cc(C)cc(C(=O)N2CCCC2COc2ccc(C(=O)NC3CC3)cc2)c1. The van der Waals surface area contributed by atoms with Gasteiger partial charge in [-0.3, -0.25) is 9.59 Å². The van der Waals surface area contributed by atoms with E-state index in [0.29, 0.717) is 18.2 Å². The summed E-state index contributed by atoms with van der Waals surface area (Å²) >= 11 is 0. The van der Waals surface area contributed by atoms with Crippen LogP contribution in [0.5, 0.6) is 5.75 Å². The van der Waals surface area contributed by atoms with Gasteiger partial charge in [0.05, 0.1) is 6.04 Å². The molecule has 2 aliphatic rings. The maximum absolute atomic E-state index is 13.0. The lowest BCUT2D eigenvalue weighted by atomic mass is 10.1. The maximum atomic E-state index is 13.0. The van der Waals surface area contributed by atoms with E-state index in [0.717, 1.165) is 54.7 Å². The van der Waals surface area contributed by atoms with Crippen LogP contribution in [0.3, 0.4) is 0 Å². The molecule has 29 heavy (non-hydrogen) atoms. The van der Waals surface area contributed by atoms with Crippen molar-refractivity contribution >= 4 is 11.8 Å². The number of nitrogens with one attached hydrogen (secondary N) is 1. The van der Waals surface area contributed by atoms with Gasteiger partial charge >= 0.3 is 0 Å². The number of hydrogen-bond donors (Lipinski definition) is 1. The van der Waals surface area contributed by atoms with Crippen LogP contribution in [0, 0.1) is 13.8 Å². The van der Waals surface area contributed by atoms with Crippen molar-refractivity contribution in [3.63, 3.8) is 0 Å². The van der Waals surface area contributed by atoms with Crippen molar-refractivity contribution in [2.45, 2.75) is 51.6 Å². The molecule has 1 aliphatic carbocycles. The Morgan fingerprint density at radius 1 is 1.00 bits per heavy atom. The van der Waals surface area contributed by atoms with Gasteiger partial charge in [-0.05, 0) is 75.9 Å². The van der Waals surface area contributed by atoms with E-state index < -0.39 is 0 Å². The van der Waals surface area contributed by atoms with Crippen LogP contribution in [-0.4, -0.2) is 41.9 Å². The Hall–Kier alpha value is -2.82. The molecule has 1 saturated heterocycles. The molecule has 2 aromatic carbocycles. The second-order valence-electron chi connectivity index (χ2n) is 8.25. The zero-order valence-corrected chi connectivity index (χ0v) is 17.1. The maximum Gasteiger partial charge on any atom is 0.254 e. The van der Waals surface area contributed by atoms with Crippen LogP contribution in [0.25, 0.3) is 0 Å². The first-order valence-electron chi connectivity index (χ1n) is 10.4. The van der Waals surface area contributed by atoms with Crippen molar-refractivity contribution in [3.8, 4) is 5.75 Å². The average molecular weight is 392 g/mol. The minimum atomic E-state index is -0.0277. The fraction of sp³-hybridized carbons (Fsp3) is 0.417. The van der Waals surface area contributed by atoms with Gasteiger partial charge in [0.2, 0.25) is 0 Å². The van der Waals surface area contributed by atoms with Crippen LogP contribution >= 0.6 is 0 Å². The first-order valence-corrected chi connectivity index (χ1v) is 10.4. The fourth-order valence-electron chi connectivity index (χ4n) is 3.93. The summed E-state index contributed by atoms with van der Waals surface area (Å²) in [5.74, 6) is 0.772. The smallest absolute Gasteiger partial charge is 0.254 e. The summed E-state index contributed by atoms with van der Waals surface area (Å²) < 4.78 is 5.96. The van der Waals surface area contributed by atoms with Crippen molar-refractivity contribution < 1.29 is 14.3 Å². The van der Waals surface area contributed by atoms with Crippen molar-refractivity contribution in [1.82, 2.24) is 10.2 Å². The highest BCUT2D eigenvalue weighted by Crippen LogP contribution is 2.23. The fourth-order valence-corrected chi connectivity index (χ4v) is 3.93. The van der Waals surface area contributed by atoms with Gasteiger partial charge in [-0.1, -0.05) is 17.2 Å². The van der Waals surface area contributed by atoms with E-state index in [2.05, 4.69) is 11.4 Å². The van der Waals surface area contributed by atoms with Crippen LogP contribution in [-0.2, 0) is 0 Å². The summed E-state index contributed by atoms with van der Waals surface area (Å²) in [6.45, 7) is 5.26. The third-order valence-corrected chi connectivity index (χ3v) is 5.58. The van der Waals surface area contributed by atoms with Crippen LogP contribution in [0.2, 0.25) is 0 Å². The Kier molecular flexibility index (Phi) is 5.56. The Morgan fingerprint density at radius 3 is 2.34 bits per heavy atom. The monoisotopic (exact) mass is 392 g/mol. The zero-order valence-electron chi connectivity index (χ0n) is 17.1. The van der Waals surface area contributed by atoms with E-state index >= 15 is 0 Å². The molecule has 1 unspecified atom stereocenters. The molecule has 2 fully saturated rings. The summed E-state index contributed by atoms with van der Waals surface area (Å²) in [5, 5.41) is 2.98. The molecule has 0 spiro atoms. The van der Waals surface area contributed by atoms with E-state index in [4.69, 9.17) is 4.74 Å². The predicted octanol–water partition coefficient (Wildman–Crippen LogP) is 3.88. The summed E-state index contributed by atoms with van der Waals surface area (Å²) in [7, 11) is 0. The van der Waals surface area contributed by atoms with Crippen molar-refractivity contribution in [1.29, 1.82) is 0 Å². The molecule has 1 atom stereocenters. The number of rotatable bonds is 6. The third kappa shape index (κ3) is 4.78. The molecule has 5 nitrogen and oxygen atoms in total. The molecule has 5 heteroatoms. The molecule has 4 rings (SSSR count). The van der Waals surface area contributed by atoms with Gasteiger partial charge in [0, 0.05) is 23.7 Å². The summed E-state index contributed by atoms with van der Waals surface area (Å²) in [6, 6.07) is 13.6. The van der Waals surface area contributed by atoms with Crippen LogP contribution in [0.15, 0.2) is 42.5 Å². The van der Waals surface area contributed by atoms with E-state index in [1.54, 1.807) is 12.1 Å². The molecule has 0 aromatic heterocycles. The Morgan fingerprint density at radius 2 is 1.69 bits per heavy atom. The van der Waals surface area contributed by atoms with E-state index in [1.807, 2.05) is 43.0 Å².